The molecular weight excluding hydrogens is 390 g/mol. The van der Waals surface area contributed by atoms with Gasteiger partial charge in [-0.2, -0.15) is 0 Å². The molecule has 1 fully saturated rings. The fourth-order valence-corrected chi connectivity index (χ4v) is 3.76. The summed E-state index contributed by atoms with van der Waals surface area (Å²) in [5, 5.41) is 6.72. The number of nitrogens with zero attached hydrogens (tertiary/aromatic N) is 3. The van der Waals surface area contributed by atoms with Gasteiger partial charge in [0, 0.05) is 45.0 Å². The van der Waals surface area contributed by atoms with Crippen molar-refractivity contribution in [1.29, 1.82) is 0 Å². The summed E-state index contributed by atoms with van der Waals surface area (Å²) in [6.45, 7) is 12.0. The van der Waals surface area contributed by atoms with Crippen LogP contribution >= 0.6 is 0 Å². The van der Waals surface area contributed by atoms with E-state index in [1.54, 1.807) is 7.05 Å². The number of morpholine rings is 1. The molecule has 0 amide bonds. The Kier molecular flexibility index (Phi) is 8.12. The van der Waals surface area contributed by atoms with E-state index < -0.39 is 0 Å². The van der Waals surface area contributed by atoms with Crippen molar-refractivity contribution in [2.75, 3.05) is 31.6 Å². The number of aryl methyl sites for hydroxylation is 1. The first kappa shape index (κ1) is 22.9. The average molecular weight is 426 g/mol. The highest BCUT2D eigenvalue weighted by atomic mass is 16.5. The molecule has 2 atom stereocenters. The molecule has 0 saturated carbocycles. The lowest BCUT2D eigenvalue weighted by atomic mass is 10.1. The number of hydrogen-bond acceptors (Lipinski definition) is 5. The number of pyridine rings is 1. The highest BCUT2D eigenvalue weighted by Crippen LogP contribution is 2.20. The molecule has 1 aromatic carbocycles. The Morgan fingerprint density at radius 1 is 1.16 bits per heavy atom. The van der Waals surface area contributed by atoms with Crippen LogP contribution in [0.25, 0.3) is 0 Å². The minimum absolute atomic E-state index is 0.220. The number of anilines is 1. The zero-order valence-corrected chi connectivity index (χ0v) is 19.3. The first-order chi connectivity index (χ1) is 15.0. The van der Waals surface area contributed by atoms with E-state index in [0.717, 1.165) is 41.7 Å². The van der Waals surface area contributed by atoms with Crippen molar-refractivity contribution in [3.63, 3.8) is 0 Å². The molecule has 0 radical (unpaired) electrons. The van der Waals surface area contributed by atoms with Crippen LogP contribution in [0, 0.1) is 6.92 Å². The van der Waals surface area contributed by atoms with Gasteiger partial charge in [-0.05, 0) is 51.0 Å². The zero-order valence-electron chi connectivity index (χ0n) is 19.3. The highest BCUT2D eigenvalue weighted by Gasteiger charge is 2.22. The Morgan fingerprint density at radius 3 is 2.55 bits per heavy atom. The second-order valence-electron chi connectivity index (χ2n) is 8.01. The van der Waals surface area contributed by atoms with Gasteiger partial charge in [-0.25, -0.2) is 4.98 Å². The van der Waals surface area contributed by atoms with Gasteiger partial charge in [0.15, 0.2) is 5.96 Å². The van der Waals surface area contributed by atoms with E-state index in [1.165, 1.54) is 5.56 Å². The maximum Gasteiger partial charge on any atom is 0.191 e. The van der Waals surface area contributed by atoms with Crippen LogP contribution in [0.2, 0.25) is 0 Å². The second kappa shape index (κ2) is 11.0. The van der Waals surface area contributed by atoms with Crippen molar-refractivity contribution in [1.82, 2.24) is 15.6 Å². The van der Waals surface area contributed by atoms with Gasteiger partial charge in [0.1, 0.15) is 11.6 Å². The molecule has 0 aliphatic carbocycles. The van der Waals surface area contributed by atoms with E-state index in [2.05, 4.69) is 76.6 Å². The molecule has 31 heavy (non-hydrogen) atoms. The Balaban J connectivity index is 1.53. The number of guanidine groups is 1. The molecule has 1 saturated heterocycles. The van der Waals surface area contributed by atoms with E-state index in [-0.39, 0.29) is 12.2 Å². The Morgan fingerprint density at radius 2 is 1.90 bits per heavy atom. The fraction of sp³-hybridized carbons (Fsp3) is 0.500. The molecular formula is C24H35N5O2. The van der Waals surface area contributed by atoms with E-state index >= 15 is 0 Å². The van der Waals surface area contributed by atoms with Crippen LogP contribution in [0.15, 0.2) is 41.5 Å². The molecule has 1 aliphatic rings. The number of nitrogens with one attached hydrogen (secondary N) is 2. The van der Waals surface area contributed by atoms with Gasteiger partial charge < -0.3 is 25.0 Å². The molecule has 1 aliphatic heterocycles. The number of aliphatic imine (C=N–C) groups is 1. The number of benzene rings is 1. The molecule has 2 aromatic rings. The molecule has 0 spiro atoms. The van der Waals surface area contributed by atoms with Gasteiger partial charge in [-0.3, -0.25) is 4.99 Å². The van der Waals surface area contributed by atoms with Gasteiger partial charge in [0.25, 0.3) is 0 Å². The van der Waals surface area contributed by atoms with E-state index in [0.29, 0.717) is 19.7 Å². The van der Waals surface area contributed by atoms with Crippen molar-refractivity contribution in [2.24, 2.45) is 4.99 Å². The first-order valence-electron chi connectivity index (χ1n) is 11.0. The minimum atomic E-state index is 0.220. The molecule has 2 heterocycles. The molecule has 7 nitrogen and oxygen atoms in total. The lowest BCUT2D eigenvalue weighted by molar-refractivity contribution is -0.00545. The molecule has 0 bridgehead atoms. The summed E-state index contributed by atoms with van der Waals surface area (Å²) in [5.74, 6) is 2.65. The summed E-state index contributed by atoms with van der Waals surface area (Å²) in [5.41, 5.74) is 3.40. The normalized spacial score (nSPS) is 19.3. The van der Waals surface area contributed by atoms with Crippen LogP contribution in [0.5, 0.6) is 5.75 Å². The Hall–Kier alpha value is -2.80. The maximum atomic E-state index is 5.81. The third kappa shape index (κ3) is 6.59. The number of rotatable bonds is 7. The van der Waals surface area contributed by atoms with E-state index in [1.807, 2.05) is 13.1 Å². The van der Waals surface area contributed by atoms with Gasteiger partial charge in [-0.15, -0.1) is 0 Å². The summed E-state index contributed by atoms with van der Waals surface area (Å²) in [6.07, 6.45) is 2.37. The molecule has 3 rings (SSSR count). The molecule has 2 unspecified atom stereocenters. The Bertz CT molecular complexity index is 859. The molecule has 2 N–H and O–H groups in total. The SMILES string of the molecule is CCOc1cc(C)ccc1CNC(=NC)NCc1ccc(N2CC(C)OC(C)C2)nc1. The summed E-state index contributed by atoms with van der Waals surface area (Å²) >= 11 is 0. The monoisotopic (exact) mass is 425 g/mol. The molecule has 168 valence electrons. The van der Waals surface area contributed by atoms with Gasteiger partial charge in [-0.1, -0.05) is 18.2 Å². The van der Waals surface area contributed by atoms with Crippen molar-refractivity contribution in [3.05, 3.63) is 53.2 Å². The van der Waals surface area contributed by atoms with Gasteiger partial charge in [0.2, 0.25) is 0 Å². The predicted molar refractivity (Wildman–Crippen MR) is 126 cm³/mol. The van der Waals surface area contributed by atoms with Crippen molar-refractivity contribution in [2.45, 2.75) is 53.0 Å². The summed E-state index contributed by atoms with van der Waals surface area (Å²) in [6, 6.07) is 10.5. The smallest absolute Gasteiger partial charge is 0.191 e. The first-order valence-corrected chi connectivity index (χ1v) is 11.0. The second-order valence-corrected chi connectivity index (χ2v) is 8.01. The van der Waals surface area contributed by atoms with Crippen LogP contribution in [-0.2, 0) is 17.8 Å². The third-order valence-corrected chi connectivity index (χ3v) is 5.21. The van der Waals surface area contributed by atoms with Crippen molar-refractivity contribution in [3.8, 4) is 5.75 Å². The summed E-state index contributed by atoms with van der Waals surface area (Å²) in [7, 11) is 1.77. The van der Waals surface area contributed by atoms with E-state index in [9.17, 15) is 0 Å². The molecule has 7 heteroatoms. The quantitative estimate of drug-likeness (QED) is 0.524. The number of aromatic nitrogens is 1. The third-order valence-electron chi connectivity index (χ3n) is 5.21. The lowest BCUT2D eigenvalue weighted by Gasteiger charge is -2.36. The van der Waals surface area contributed by atoms with Crippen LogP contribution in [-0.4, -0.2) is 49.9 Å². The fourth-order valence-electron chi connectivity index (χ4n) is 3.76. The van der Waals surface area contributed by atoms with Crippen LogP contribution in [0.1, 0.15) is 37.5 Å². The summed E-state index contributed by atoms with van der Waals surface area (Å²) in [4.78, 5) is 11.3. The number of ether oxygens (including phenoxy) is 2. The number of hydrogen-bond donors (Lipinski definition) is 2. The van der Waals surface area contributed by atoms with Gasteiger partial charge in [0.05, 0.1) is 18.8 Å². The average Bonchev–Trinajstić information content (AvgIpc) is 2.75. The van der Waals surface area contributed by atoms with Crippen LogP contribution < -0.4 is 20.3 Å². The maximum absolute atomic E-state index is 5.81. The predicted octanol–water partition coefficient (Wildman–Crippen LogP) is 3.27. The van der Waals surface area contributed by atoms with Crippen LogP contribution in [0.3, 0.4) is 0 Å². The van der Waals surface area contributed by atoms with Crippen molar-refractivity contribution < 1.29 is 9.47 Å². The lowest BCUT2D eigenvalue weighted by Crippen LogP contribution is -2.45. The molecule has 1 aromatic heterocycles. The topological polar surface area (TPSA) is 71.0 Å². The Labute approximate surface area is 185 Å². The van der Waals surface area contributed by atoms with Crippen molar-refractivity contribution >= 4 is 11.8 Å². The van der Waals surface area contributed by atoms with Crippen LogP contribution in [0.4, 0.5) is 5.82 Å². The zero-order chi connectivity index (χ0) is 22.2. The highest BCUT2D eigenvalue weighted by molar-refractivity contribution is 5.79. The summed E-state index contributed by atoms with van der Waals surface area (Å²) < 4.78 is 11.6. The van der Waals surface area contributed by atoms with E-state index in [4.69, 9.17) is 9.47 Å². The largest absolute Gasteiger partial charge is 0.494 e. The standard InChI is InChI=1S/C24H35N5O2/c1-6-30-22-11-17(2)7-9-21(22)14-28-24(25-5)27-13-20-8-10-23(26-12-20)29-15-18(3)31-19(4)16-29/h7-12,18-19H,6,13-16H2,1-5H3,(H2,25,27,28). The van der Waals surface area contributed by atoms with Gasteiger partial charge >= 0.3 is 0 Å². The minimum Gasteiger partial charge on any atom is -0.494 e.